The van der Waals surface area contributed by atoms with Crippen LogP contribution in [0.1, 0.15) is 13.3 Å². The number of hydrogen-bond donors (Lipinski definition) is 1. The predicted molar refractivity (Wildman–Crippen MR) is 72.9 cm³/mol. The molecule has 18 heavy (non-hydrogen) atoms. The smallest absolute Gasteiger partial charge is 0.262 e. The lowest BCUT2D eigenvalue weighted by Crippen LogP contribution is -2.42. The van der Waals surface area contributed by atoms with Gasteiger partial charge in [0.05, 0.1) is 6.33 Å². The molecule has 1 saturated heterocycles. The molecule has 1 atom stereocenters. The van der Waals surface area contributed by atoms with Crippen LogP contribution < -0.4 is 5.73 Å². The molecule has 2 N–H and O–H groups in total. The third-order valence-electron chi connectivity index (χ3n) is 3.05. The Labute approximate surface area is 112 Å². The largest absolute Gasteiger partial charge is 0.381 e. The fourth-order valence-electron chi connectivity index (χ4n) is 2.03. The molecule has 6 nitrogen and oxygen atoms in total. The van der Waals surface area contributed by atoms with E-state index in [4.69, 9.17) is 5.73 Å². The SMILES string of the molecule is CCC1CN(S(=O)(=O)c2c(N)ncn2C)CCS1. The molecule has 1 unspecified atom stereocenters. The molecule has 0 saturated carbocycles. The highest BCUT2D eigenvalue weighted by Gasteiger charge is 2.33. The Morgan fingerprint density at radius 1 is 1.61 bits per heavy atom. The van der Waals surface area contributed by atoms with Gasteiger partial charge < -0.3 is 10.3 Å². The van der Waals surface area contributed by atoms with Gasteiger partial charge in [-0.25, -0.2) is 13.4 Å². The average molecular weight is 290 g/mol. The Kier molecular flexibility index (Phi) is 3.88. The molecule has 0 bridgehead atoms. The van der Waals surface area contributed by atoms with Gasteiger partial charge in [0.25, 0.3) is 10.0 Å². The van der Waals surface area contributed by atoms with Crippen LogP contribution in [0.2, 0.25) is 0 Å². The van der Waals surface area contributed by atoms with Crippen molar-refractivity contribution in [2.24, 2.45) is 7.05 Å². The molecule has 0 aromatic carbocycles. The first-order chi connectivity index (χ1) is 8.46. The summed E-state index contributed by atoms with van der Waals surface area (Å²) in [6.07, 6.45) is 2.40. The molecule has 1 aromatic rings. The van der Waals surface area contributed by atoms with Crippen LogP contribution in [0.3, 0.4) is 0 Å². The maximum Gasteiger partial charge on any atom is 0.262 e. The molecule has 8 heteroatoms. The summed E-state index contributed by atoms with van der Waals surface area (Å²) >= 11 is 1.83. The Morgan fingerprint density at radius 2 is 2.33 bits per heavy atom. The molecule has 1 aliphatic rings. The van der Waals surface area contributed by atoms with Crippen LogP contribution in [0.25, 0.3) is 0 Å². The molecule has 0 spiro atoms. The summed E-state index contributed by atoms with van der Waals surface area (Å²) in [4.78, 5) is 3.85. The van der Waals surface area contributed by atoms with Crippen molar-refractivity contribution < 1.29 is 8.42 Å². The van der Waals surface area contributed by atoms with Crippen LogP contribution in [-0.4, -0.2) is 46.4 Å². The first-order valence-corrected chi connectivity index (χ1v) is 8.34. The second-order valence-corrected chi connectivity index (χ2v) is 7.57. The molecule has 1 fully saturated rings. The molecule has 102 valence electrons. The number of aromatic nitrogens is 2. The highest BCUT2D eigenvalue weighted by atomic mass is 32.2. The van der Waals surface area contributed by atoms with Crippen molar-refractivity contribution in [3.63, 3.8) is 0 Å². The quantitative estimate of drug-likeness (QED) is 0.877. The second kappa shape index (κ2) is 5.10. The van der Waals surface area contributed by atoms with E-state index in [2.05, 4.69) is 11.9 Å². The van der Waals surface area contributed by atoms with E-state index in [9.17, 15) is 8.42 Å². The third-order valence-corrected chi connectivity index (χ3v) is 6.42. The Bertz CT molecular complexity index is 506. The number of anilines is 1. The molecule has 2 heterocycles. The Morgan fingerprint density at radius 3 is 2.89 bits per heavy atom. The highest BCUT2D eigenvalue weighted by molar-refractivity contribution is 8.00. The van der Waals surface area contributed by atoms with Gasteiger partial charge in [0.2, 0.25) is 0 Å². The van der Waals surface area contributed by atoms with Gasteiger partial charge in [-0.05, 0) is 6.42 Å². The van der Waals surface area contributed by atoms with Crippen molar-refractivity contribution >= 4 is 27.6 Å². The fourth-order valence-corrected chi connectivity index (χ4v) is 5.10. The van der Waals surface area contributed by atoms with E-state index in [0.29, 0.717) is 18.3 Å². The standard InChI is InChI=1S/C10H18N4O2S2/c1-3-8-6-14(4-5-17-8)18(15,16)10-9(11)12-7-13(10)2/h7-8H,3-6,11H2,1-2H3. The molecule has 1 aliphatic heterocycles. The fraction of sp³-hybridized carbons (Fsp3) is 0.700. The van der Waals surface area contributed by atoms with E-state index in [1.807, 2.05) is 11.8 Å². The zero-order valence-electron chi connectivity index (χ0n) is 10.5. The summed E-state index contributed by atoms with van der Waals surface area (Å²) in [5, 5.41) is 0.465. The number of aryl methyl sites for hydroxylation is 1. The third kappa shape index (κ3) is 2.36. The summed E-state index contributed by atoms with van der Waals surface area (Å²) < 4.78 is 28.0. The van der Waals surface area contributed by atoms with Crippen molar-refractivity contribution in [2.45, 2.75) is 23.6 Å². The summed E-state index contributed by atoms with van der Waals surface area (Å²) in [6, 6.07) is 0. The topological polar surface area (TPSA) is 81.2 Å². The zero-order chi connectivity index (χ0) is 13.3. The van der Waals surface area contributed by atoms with Gasteiger partial charge in [0, 0.05) is 31.1 Å². The Balaban J connectivity index is 2.31. The lowest BCUT2D eigenvalue weighted by molar-refractivity contribution is 0.412. The van der Waals surface area contributed by atoms with Gasteiger partial charge in [-0.15, -0.1) is 0 Å². The molecule has 0 aliphatic carbocycles. The van der Waals surface area contributed by atoms with E-state index >= 15 is 0 Å². The Hall–Kier alpha value is -0.730. The zero-order valence-corrected chi connectivity index (χ0v) is 12.2. The molecule has 0 amide bonds. The van der Waals surface area contributed by atoms with Gasteiger partial charge in [0.15, 0.2) is 10.8 Å². The van der Waals surface area contributed by atoms with Crippen molar-refractivity contribution in [1.82, 2.24) is 13.9 Å². The lowest BCUT2D eigenvalue weighted by Gasteiger charge is -2.30. The van der Waals surface area contributed by atoms with Crippen LogP contribution in [0.4, 0.5) is 5.82 Å². The van der Waals surface area contributed by atoms with Crippen LogP contribution in [-0.2, 0) is 17.1 Å². The van der Waals surface area contributed by atoms with Crippen LogP contribution in [0.5, 0.6) is 0 Å². The van der Waals surface area contributed by atoms with E-state index in [1.165, 1.54) is 15.2 Å². The second-order valence-electron chi connectivity index (χ2n) is 4.31. The van der Waals surface area contributed by atoms with E-state index in [-0.39, 0.29) is 10.8 Å². The molecular weight excluding hydrogens is 272 g/mol. The van der Waals surface area contributed by atoms with Crippen molar-refractivity contribution in [3.8, 4) is 0 Å². The number of nitrogen functional groups attached to an aromatic ring is 1. The van der Waals surface area contributed by atoms with Crippen molar-refractivity contribution in [3.05, 3.63) is 6.33 Å². The number of nitrogens with two attached hydrogens (primary N) is 1. The van der Waals surface area contributed by atoms with E-state index < -0.39 is 10.0 Å². The van der Waals surface area contributed by atoms with Crippen LogP contribution in [0.15, 0.2) is 11.4 Å². The molecule has 1 aromatic heterocycles. The van der Waals surface area contributed by atoms with Crippen molar-refractivity contribution in [2.75, 3.05) is 24.6 Å². The number of thioether (sulfide) groups is 1. The van der Waals surface area contributed by atoms with E-state index in [1.54, 1.807) is 7.05 Å². The number of sulfonamides is 1. The molecular formula is C10H18N4O2S2. The van der Waals surface area contributed by atoms with E-state index in [0.717, 1.165) is 12.2 Å². The summed E-state index contributed by atoms with van der Waals surface area (Å²) in [6.45, 7) is 3.16. The summed E-state index contributed by atoms with van der Waals surface area (Å²) in [5.41, 5.74) is 5.66. The average Bonchev–Trinajstić information content (AvgIpc) is 2.69. The normalized spacial score (nSPS) is 22.2. The summed E-state index contributed by atoms with van der Waals surface area (Å²) in [5.74, 6) is 0.902. The number of rotatable bonds is 3. The van der Waals surface area contributed by atoms with Crippen LogP contribution in [0, 0.1) is 0 Å². The van der Waals surface area contributed by atoms with Gasteiger partial charge in [-0.3, -0.25) is 0 Å². The van der Waals surface area contributed by atoms with Gasteiger partial charge >= 0.3 is 0 Å². The van der Waals surface area contributed by atoms with Crippen LogP contribution >= 0.6 is 11.8 Å². The molecule has 2 rings (SSSR count). The maximum atomic E-state index is 12.5. The number of hydrogen-bond acceptors (Lipinski definition) is 5. The number of imidazole rings is 1. The highest BCUT2D eigenvalue weighted by Crippen LogP contribution is 2.27. The van der Waals surface area contributed by atoms with Gasteiger partial charge in [0.1, 0.15) is 0 Å². The minimum atomic E-state index is -3.53. The molecule has 0 radical (unpaired) electrons. The summed E-state index contributed by atoms with van der Waals surface area (Å²) in [7, 11) is -1.88. The maximum absolute atomic E-state index is 12.5. The minimum Gasteiger partial charge on any atom is -0.381 e. The monoisotopic (exact) mass is 290 g/mol. The van der Waals surface area contributed by atoms with Gasteiger partial charge in [-0.2, -0.15) is 16.1 Å². The van der Waals surface area contributed by atoms with Gasteiger partial charge in [-0.1, -0.05) is 6.92 Å². The first-order valence-electron chi connectivity index (χ1n) is 5.85. The van der Waals surface area contributed by atoms with Crippen molar-refractivity contribution in [1.29, 1.82) is 0 Å². The minimum absolute atomic E-state index is 0.0729. The predicted octanol–water partition coefficient (Wildman–Crippen LogP) is 0.518. The first kappa shape index (κ1) is 13.7. The number of nitrogens with zero attached hydrogens (tertiary/aromatic N) is 3. The lowest BCUT2D eigenvalue weighted by atomic mass is 10.3.